The Bertz CT molecular complexity index is 440. The van der Waals surface area contributed by atoms with Crippen LogP contribution in [0.5, 0.6) is 0 Å². The summed E-state index contributed by atoms with van der Waals surface area (Å²) in [6, 6.07) is 0. The zero-order valence-electron chi connectivity index (χ0n) is 12.9. The Morgan fingerprint density at radius 3 is 2.55 bits per heavy atom. The second-order valence-corrected chi connectivity index (χ2v) is 7.28. The van der Waals surface area contributed by atoms with Gasteiger partial charge < -0.3 is 5.32 Å². The lowest BCUT2D eigenvalue weighted by Crippen LogP contribution is -2.13. The van der Waals surface area contributed by atoms with Crippen molar-refractivity contribution in [3.63, 3.8) is 0 Å². The minimum absolute atomic E-state index is 0.583. The van der Waals surface area contributed by atoms with Gasteiger partial charge in [-0.2, -0.15) is 0 Å². The molecule has 1 aliphatic carbocycles. The molecule has 1 aromatic rings. The van der Waals surface area contributed by atoms with Gasteiger partial charge in [0.25, 0.3) is 0 Å². The summed E-state index contributed by atoms with van der Waals surface area (Å²) < 4.78 is 1.21. The number of rotatable bonds is 6. The highest BCUT2D eigenvalue weighted by Crippen LogP contribution is 2.34. The molecule has 1 N–H and O–H groups in total. The van der Waals surface area contributed by atoms with Gasteiger partial charge in [0.2, 0.25) is 0 Å². The number of aromatic nitrogens is 2. The molecule has 3 nitrogen and oxygen atoms in total. The van der Waals surface area contributed by atoms with Crippen LogP contribution in [-0.4, -0.2) is 16.5 Å². The summed E-state index contributed by atoms with van der Waals surface area (Å²) in [7, 11) is 0. The minimum Gasteiger partial charge on any atom is -0.369 e. The van der Waals surface area contributed by atoms with Gasteiger partial charge in [0.05, 0.1) is 9.26 Å². The molecule has 1 fully saturated rings. The Balaban J connectivity index is 2.30. The van der Waals surface area contributed by atoms with Crippen LogP contribution < -0.4 is 5.32 Å². The van der Waals surface area contributed by atoms with Crippen molar-refractivity contribution < 1.29 is 0 Å². The van der Waals surface area contributed by atoms with Crippen LogP contribution in [0.3, 0.4) is 0 Å². The molecule has 0 radical (unpaired) electrons. The van der Waals surface area contributed by atoms with Crippen LogP contribution in [0, 0.1) is 9.49 Å². The van der Waals surface area contributed by atoms with Gasteiger partial charge in [-0.05, 0) is 54.2 Å². The second-order valence-electron chi connectivity index (χ2n) is 6.20. The van der Waals surface area contributed by atoms with Gasteiger partial charge in [0.15, 0.2) is 0 Å². The largest absolute Gasteiger partial charge is 0.369 e. The van der Waals surface area contributed by atoms with Crippen molar-refractivity contribution in [3.05, 3.63) is 15.1 Å². The molecule has 0 amide bonds. The topological polar surface area (TPSA) is 37.8 Å². The van der Waals surface area contributed by atoms with Crippen molar-refractivity contribution in [2.75, 3.05) is 11.9 Å². The standard InChI is InChI=1S/C16H26IN3/c1-4-9-18-16-14(17)13(10-11(2)3)19-15(20-16)12-7-5-6-8-12/h11-12H,4-10H2,1-3H3,(H,18,19,20). The smallest absolute Gasteiger partial charge is 0.143 e. The van der Waals surface area contributed by atoms with Crippen LogP contribution in [0.1, 0.15) is 70.3 Å². The van der Waals surface area contributed by atoms with Crippen molar-refractivity contribution in [2.24, 2.45) is 5.92 Å². The lowest BCUT2D eigenvalue weighted by atomic mass is 10.1. The predicted molar refractivity (Wildman–Crippen MR) is 93.3 cm³/mol. The zero-order chi connectivity index (χ0) is 14.5. The normalized spacial score (nSPS) is 16.1. The number of anilines is 1. The van der Waals surface area contributed by atoms with E-state index in [-0.39, 0.29) is 0 Å². The van der Waals surface area contributed by atoms with E-state index in [1.54, 1.807) is 0 Å². The highest BCUT2D eigenvalue weighted by atomic mass is 127. The number of hydrogen-bond donors (Lipinski definition) is 1. The van der Waals surface area contributed by atoms with E-state index < -0.39 is 0 Å². The van der Waals surface area contributed by atoms with E-state index >= 15 is 0 Å². The molecule has 0 aliphatic heterocycles. The fraction of sp³-hybridized carbons (Fsp3) is 0.750. The average Bonchev–Trinajstić information content (AvgIpc) is 2.93. The fourth-order valence-corrected chi connectivity index (χ4v) is 3.41. The maximum atomic E-state index is 4.90. The lowest BCUT2D eigenvalue weighted by molar-refractivity contribution is 0.611. The molecule has 1 saturated carbocycles. The summed E-state index contributed by atoms with van der Waals surface area (Å²) in [4.78, 5) is 9.73. The summed E-state index contributed by atoms with van der Waals surface area (Å²) >= 11 is 2.41. The molecular weight excluding hydrogens is 361 g/mol. The van der Waals surface area contributed by atoms with Crippen LogP contribution in [0.2, 0.25) is 0 Å². The molecule has 1 aliphatic rings. The molecule has 0 spiro atoms. The summed E-state index contributed by atoms with van der Waals surface area (Å²) in [6.45, 7) is 7.69. The van der Waals surface area contributed by atoms with Gasteiger partial charge in [-0.25, -0.2) is 9.97 Å². The molecule has 1 heterocycles. The first-order chi connectivity index (χ1) is 9.61. The van der Waals surface area contributed by atoms with E-state index in [9.17, 15) is 0 Å². The molecule has 2 rings (SSSR count). The Hall–Kier alpha value is -0.390. The molecule has 0 unspecified atom stereocenters. The summed E-state index contributed by atoms with van der Waals surface area (Å²) in [5, 5.41) is 3.48. The summed E-state index contributed by atoms with van der Waals surface area (Å²) in [5.74, 6) is 3.35. The van der Waals surface area contributed by atoms with E-state index in [4.69, 9.17) is 9.97 Å². The van der Waals surface area contributed by atoms with Gasteiger partial charge in [0, 0.05) is 12.5 Å². The Morgan fingerprint density at radius 2 is 1.95 bits per heavy atom. The molecule has 0 aromatic carbocycles. The molecule has 0 saturated heterocycles. The van der Waals surface area contributed by atoms with Gasteiger partial charge in [-0.3, -0.25) is 0 Å². The number of halogens is 1. The molecule has 112 valence electrons. The zero-order valence-corrected chi connectivity index (χ0v) is 15.0. The van der Waals surface area contributed by atoms with Crippen LogP contribution in [0.15, 0.2) is 0 Å². The van der Waals surface area contributed by atoms with Crippen molar-refractivity contribution in [2.45, 2.75) is 65.2 Å². The van der Waals surface area contributed by atoms with E-state index in [0.29, 0.717) is 11.8 Å². The quantitative estimate of drug-likeness (QED) is 0.716. The number of nitrogens with one attached hydrogen (secondary N) is 1. The second kappa shape index (κ2) is 7.57. The summed E-state index contributed by atoms with van der Waals surface area (Å²) in [6.07, 6.45) is 7.35. The van der Waals surface area contributed by atoms with Crippen molar-refractivity contribution in [1.82, 2.24) is 9.97 Å². The Morgan fingerprint density at radius 1 is 1.25 bits per heavy atom. The van der Waals surface area contributed by atoms with E-state index in [1.165, 1.54) is 34.9 Å². The molecule has 0 bridgehead atoms. The van der Waals surface area contributed by atoms with Crippen LogP contribution in [-0.2, 0) is 6.42 Å². The van der Waals surface area contributed by atoms with E-state index in [1.807, 2.05) is 0 Å². The fourth-order valence-electron chi connectivity index (χ4n) is 2.76. The van der Waals surface area contributed by atoms with Gasteiger partial charge in [0.1, 0.15) is 11.6 Å². The maximum Gasteiger partial charge on any atom is 0.143 e. The van der Waals surface area contributed by atoms with Crippen LogP contribution in [0.4, 0.5) is 5.82 Å². The third kappa shape index (κ3) is 4.06. The highest BCUT2D eigenvalue weighted by Gasteiger charge is 2.22. The number of nitrogens with zero attached hydrogens (tertiary/aromatic N) is 2. The molecular formula is C16H26IN3. The average molecular weight is 387 g/mol. The Kier molecular flexibility index (Phi) is 6.05. The Labute approximate surface area is 136 Å². The van der Waals surface area contributed by atoms with Gasteiger partial charge >= 0.3 is 0 Å². The monoisotopic (exact) mass is 387 g/mol. The molecule has 0 atom stereocenters. The SMILES string of the molecule is CCCNc1nc(C2CCCC2)nc(CC(C)C)c1I. The number of hydrogen-bond acceptors (Lipinski definition) is 3. The third-order valence-electron chi connectivity index (χ3n) is 3.80. The first kappa shape index (κ1) is 16.0. The molecule has 20 heavy (non-hydrogen) atoms. The van der Waals surface area contributed by atoms with Gasteiger partial charge in [-0.15, -0.1) is 0 Å². The van der Waals surface area contributed by atoms with E-state index in [2.05, 4.69) is 48.7 Å². The van der Waals surface area contributed by atoms with Crippen LogP contribution in [0.25, 0.3) is 0 Å². The highest BCUT2D eigenvalue weighted by molar-refractivity contribution is 14.1. The minimum atomic E-state index is 0.583. The maximum absolute atomic E-state index is 4.90. The first-order valence-corrected chi connectivity index (χ1v) is 8.99. The molecule has 4 heteroatoms. The van der Waals surface area contributed by atoms with Crippen molar-refractivity contribution in [3.8, 4) is 0 Å². The van der Waals surface area contributed by atoms with Gasteiger partial charge in [-0.1, -0.05) is 33.6 Å². The lowest BCUT2D eigenvalue weighted by Gasteiger charge is -2.16. The van der Waals surface area contributed by atoms with Crippen LogP contribution >= 0.6 is 22.6 Å². The van der Waals surface area contributed by atoms with E-state index in [0.717, 1.165) is 31.0 Å². The third-order valence-corrected chi connectivity index (χ3v) is 4.94. The predicted octanol–water partition coefficient (Wildman–Crippen LogP) is 4.76. The van der Waals surface area contributed by atoms with Crippen molar-refractivity contribution >= 4 is 28.4 Å². The summed E-state index contributed by atoms with van der Waals surface area (Å²) in [5.41, 5.74) is 1.23. The molecule has 1 aromatic heterocycles. The van der Waals surface area contributed by atoms with Crippen molar-refractivity contribution in [1.29, 1.82) is 0 Å². The first-order valence-electron chi connectivity index (χ1n) is 7.92.